The summed E-state index contributed by atoms with van der Waals surface area (Å²) in [5.74, 6) is 0. The van der Waals surface area contributed by atoms with Crippen molar-refractivity contribution in [2.24, 2.45) is 4.99 Å². The topological polar surface area (TPSA) is 42.3 Å². The molecule has 2 rings (SSSR count). The minimum atomic E-state index is 0.545. The Kier molecular flexibility index (Phi) is 3.22. The molecule has 1 aromatic carbocycles. The lowest BCUT2D eigenvalue weighted by molar-refractivity contribution is 0.565. The van der Waals surface area contributed by atoms with E-state index in [0.29, 0.717) is 5.69 Å². The number of hydrogen-bond donors (Lipinski definition) is 0. The van der Waals surface area contributed by atoms with E-state index in [1.807, 2.05) is 24.3 Å². The summed E-state index contributed by atoms with van der Waals surface area (Å²) in [6, 6.07) is 11.9. The van der Waals surface area contributed by atoms with Crippen LogP contribution in [0.4, 0.5) is 5.69 Å². The molecule has 0 saturated heterocycles. The smallest absolute Gasteiger partial charge is 0.240 e. The highest BCUT2D eigenvalue weighted by Crippen LogP contribution is 2.14. The first kappa shape index (κ1) is 10.3. The van der Waals surface area contributed by atoms with Gasteiger partial charge in [-0.05, 0) is 23.6 Å². The Morgan fingerprint density at radius 2 is 1.94 bits per heavy atom. The Labute approximate surface area is 93.5 Å². The van der Waals surface area contributed by atoms with Crippen molar-refractivity contribution in [1.29, 1.82) is 0 Å². The molecule has 0 aliphatic rings. The molecular weight excluding hydrogens is 200 g/mol. The fraction of sp³-hybridized carbons (Fsp3) is 0.0769. The standard InChI is InChI=1S/C13H10N2O/c16-10-15-13-7-12(8-14-9-13)6-11-4-2-1-3-5-11/h1-5,7-9H,6H2. The molecule has 0 saturated carbocycles. The summed E-state index contributed by atoms with van der Waals surface area (Å²) in [5, 5.41) is 0. The van der Waals surface area contributed by atoms with Crippen LogP contribution in [0.15, 0.2) is 53.8 Å². The molecule has 1 heterocycles. The van der Waals surface area contributed by atoms with Gasteiger partial charge in [-0.15, -0.1) is 0 Å². The van der Waals surface area contributed by atoms with E-state index in [9.17, 15) is 4.79 Å². The Balaban J connectivity index is 2.22. The largest absolute Gasteiger partial charge is 0.262 e. The van der Waals surface area contributed by atoms with Gasteiger partial charge in [0.1, 0.15) is 0 Å². The number of aliphatic imine (C=N–C) groups is 1. The summed E-state index contributed by atoms with van der Waals surface area (Å²) in [6.45, 7) is 0. The second kappa shape index (κ2) is 5.01. The van der Waals surface area contributed by atoms with Gasteiger partial charge < -0.3 is 0 Å². The van der Waals surface area contributed by atoms with Crippen LogP contribution in [0.1, 0.15) is 11.1 Å². The van der Waals surface area contributed by atoms with Crippen LogP contribution in [0.2, 0.25) is 0 Å². The van der Waals surface area contributed by atoms with E-state index in [0.717, 1.165) is 12.0 Å². The molecule has 0 N–H and O–H groups in total. The molecule has 0 aliphatic heterocycles. The van der Waals surface area contributed by atoms with Crippen LogP contribution in [0, 0.1) is 0 Å². The van der Waals surface area contributed by atoms with E-state index >= 15 is 0 Å². The maximum absolute atomic E-state index is 10.1. The zero-order valence-electron chi connectivity index (χ0n) is 8.63. The molecule has 0 spiro atoms. The summed E-state index contributed by atoms with van der Waals surface area (Å²) in [6.07, 6.45) is 5.61. The highest BCUT2D eigenvalue weighted by atomic mass is 16.1. The molecule has 1 aromatic heterocycles. The van der Waals surface area contributed by atoms with E-state index in [-0.39, 0.29) is 0 Å². The second-order valence-corrected chi connectivity index (χ2v) is 3.42. The molecule has 16 heavy (non-hydrogen) atoms. The maximum atomic E-state index is 10.1. The van der Waals surface area contributed by atoms with Crippen LogP contribution >= 0.6 is 0 Å². The monoisotopic (exact) mass is 210 g/mol. The quantitative estimate of drug-likeness (QED) is 0.577. The third-order valence-corrected chi connectivity index (χ3v) is 2.21. The molecule has 78 valence electrons. The molecule has 3 heteroatoms. The minimum absolute atomic E-state index is 0.545. The van der Waals surface area contributed by atoms with Crippen molar-refractivity contribution in [2.45, 2.75) is 6.42 Å². The molecule has 0 amide bonds. The molecule has 0 fully saturated rings. The molecule has 0 atom stereocenters. The number of pyridine rings is 1. The zero-order valence-corrected chi connectivity index (χ0v) is 8.63. The van der Waals surface area contributed by atoms with Crippen molar-refractivity contribution in [3.8, 4) is 0 Å². The summed E-state index contributed by atoms with van der Waals surface area (Å²) in [7, 11) is 0. The third-order valence-electron chi connectivity index (χ3n) is 2.21. The Morgan fingerprint density at radius 3 is 2.69 bits per heavy atom. The van der Waals surface area contributed by atoms with Crippen molar-refractivity contribution in [2.75, 3.05) is 0 Å². The molecule has 0 radical (unpaired) electrons. The van der Waals surface area contributed by atoms with Crippen LogP contribution < -0.4 is 0 Å². The molecule has 3 nitrogen and oxygen atoms in total. The molecule has 2 aromatic rings. The fourth-order valence-electron chi connectivity index (χ4n) is 1.52. The van der Waals surface area contributed by atoms with Crippen molar-refractivity contribution in [3.63, 3.8) is 0 Å². The first-order chi connectivity index (χ1) is 7.88. The second-order valence-electron chi connectivity index (χ2n) is 3.42. The van der Waals surface area contributed by atoms with Crippen molar-refractivity contribution >= 4 is 11.8 Å². The van der Waals surface area contributed by atoms with E-state index in [1.54, 1.807) is 12.4 Å². The first-order valence-electron chi connectivity index (χ1n) is 4.94. The highest BCUT2D eigenvalue weighted by Gasteiger charge is 1.97. The van der Waals surface area contributed by atoms with Gasteiger partial charge in [-0.25, -0.2) is 4.79 Å². The average molecular weight is 210 g/mol. The third kappa shape index (κ3) is 2.62. The lowest BCUT2D eigenvalue weighted by Crippen LogP contribution is -1.88. The first-order valence-corrected chi connectivity index (χ1v) is 4.94. The summed E-state index contributed by atoms with van der Waals surface area (Å²) in [5.41, 5.74) is 2.78. The van der Waals surface area contributed by atoms with Gasteiger partial charge in [0.2, 0.25) is 6.08 Å². The predicted octanol–water partition coefficient (Wildman–Crippen LogP) is 2.64. The van der Waals surface area contributed by atoms with Crippen LogP contribution in [0.5, 0.6) is 0 Å². The SMILES string of the molecule is O=C=Nc1cncc(Cc2ccccc2)c1. The van der Waals surface area contributed by atoms with Gasteiger partial charge in [-0.1, -0.05) is 30.3 Å². The van der Waals surface area contributed by atoms with Gasteiger partial charge in [-0.3, -0.25) is 4.98 Å². The van der Waals surface area contributed by atoms with Gasteiger partial charge in [0.25, 0.3) is 0 Å². The molecule has 0 bridgehead atoms. The number of aromatic nitrogens is 1. The van der Waals surface area contributed by atoms with Crippen molar-refractivity contribution in [3.05, 3.63) is 59.9 Å². The Hall–Kier alpha value is -2.25. The number of isocyanates is 1. The van der Waals surface area contributed by atoms with Crippen LogP contribution in [-0.2, 0) is 11.2 Å². The minimum Gasteiger partial charge on any atom is -0.262 e. The summed E-state index contributed by atoms with van der Waals surface area (Å²) >= 11 is 0. The lowest BCUT2D eigenvalue weighted by atomic mass is 10.1. The van der Waals surface area contributed by atoms with Crippen molar-refractivity contribution < 1.29 is 4.79 Å². The zero-order chi connectivity index (χ0) is 11.2. The Morgan fingerprint density at radius 1 is 1.12 bits per heavy atom. The number of nitrogens with zero attached hydrogens (tertiary/aromatic N) is 2. The summed E-state index contributed by atoms with van der Waals surface area (Å²) in [4.78, 5) is 17.7. The van der Waals surface area contributed by atoms with E-state index < -0.39 is 0 Å². The van der Waals surface area contributed by atoms with Crippen LogP contribution in [0.3, 0.4) is 0 Å². The number of rotatable bonds is 3. The molecular formula is C13H10N2O. The fourth-order valence-corrected chi connectivity index (χ4v) is 1.52. The highest BCUT2D eigenvalue weighted by molar-refractivity contribution is 5.48. The van der Waals surface area contributed by atoms with Gasteiger partial charge in [0.15, 0.2) is 0 Å². The average Bonchev–Trinajstić information content (AvgIpc) is 2.31. The summed E-state index contributed by atoms with van der Waals surface area (Å²) < 4.78 is 0. The number of carbonyl (C=O) groups excluding carboxylic acids is 1. The maximum Gasteiger partial charge on any atom is 0.240 e. The van der Waals surface area contributed by atoms with Gasteiger partial charge >= 0.3 is 0 Å². The van der Waals surface area contributed by atoms with Gasteiger partial charge in [0.05, 0.1) is 11.9 Å². The molecule has 0 aliphatic carbocycles. The number of hydrogen-bond acceptors (Lipinski definition) is 3. The van der Waals surface area contributed by atoms with Gasteiger partial charge in [-0.2, -0.15) is 4.99 Å². The van der Waals surface area contributed by atoms with E-state index in [1.165, 1.54) is 11.6 Å². The lowest BCUT2D eigenvalue weighted by Gasteiger charge is -2.01. The normalized spacial score (nSPS) is 9.50. The predicted molar refractivity (Wildman–Crippen MR) is 61.3 cm³/mol. The van der Waals surface area contributed by atoms with Crippen molar-refractivity contribution in [1.82, 2.24) is 4.98 Å². The van der Waals surface area contributed by atoms with E-state index in [4.69, 9.17) is 0 Å². The Bertz CT molecular complexity index is 516. The van der Waals surface area contributed by atoms with E-state index in [2.05, 4.69) is 22.1 Å². The van der Waals surface area contributed by atoms with Gasteiger partial charge in [0, 0.05) is 6.20 Å². The molecule has 0 unspecified atom stereocenters. The number of benzene rings is 1. The van der Waals surface area contributed by atoms with Crippen LogP contribution in [-0.4, -0.2) is 11.1 Å². The van der Waals surface area contributed by atoms with Crippen LogP contribution in [0.25, 0.3) is 0 Å².